The lowest BCUT2D eigenvalue weighted by Crippen LogP contribution is -2.47. The Morgan fingerprint density at radius 1 is 1.30 bits per heavy atom. The van der Waals surface area contributed by atoms with E-state index in [4.69, 9.17) is 16.7 Å². The Balaban J connectivity index is 2.37. The fourth-order valence-corrected chi connectivity index (χ4v) is 2.93. The Morgan fingerprint density at radius 3 is 2.59 bits per heavy atom. The molecule has 1 aromatic carbocycles. The minimum absolute atomic E-state index is 0.196. The molecule has 27 heavy (non-hydrogen) atoms. The van der Waals surface area contributed by atoms with Crippen molar-refractivity contribution in [3.63, 3.8) is 0 Å². The quantitative estimate of drug-likeness (QED) is 0.710. The predicted octanol–water partition coefficient (Wildman–Crippen LogP) is 2.10. The van der Waals surface area contributed by atoms with Crippen LogP contribution in [0.4, 0.5) is 4.39 Å². The van der Waals surface area contributed by atoms with Crippen LogP contribution in [0.25, 0.3) is 10.8 Å². The highest BCUT2D eigenvalue weighted by Gasteiger charge is 2.28. The van der Waals surface area contributed by atoms with Gasteiger partial charge < -0.3 is 15.0 Å². The van der Waals surface area contributed by atoms with Gasteiger partial charge in [0.15, 0.2) is 5.78 Å². The summed E-state index contributed by atoms with van der Waals surface area (Å²) in [5.74, 6) is -3.14. The van der Waals surface area contributed by atoms with Crippen molar-refractivity contribution in [1.82, 2.24) is 9.88 Å². The summed E-state index contributed by atoms with van der Waals surface area (Å²) in [6.07, 6.45) is 0.893. The van der Waals surface area contributed by atoms with Crippen molar-refractivity contribution in [3.05, 3.63) is 45.8 Å². The van der Waals surface area contributed by atoms with E-state index in [-0.39, 0.29) is 6.42 Å². The van der Waals surface area contributed by atoms with Crippen LogP contribution in [-0.4, -0.2) is 40.0 Å². The number of Topliss-reactive ketones (excluding diaryl/α,β-unsaturated/α-hetero) is 1. The number of nitrogens with zero attached hydrogens (tertiary/aromatic N) is 1. The van der Waals surface area contributed by atoms with E-state index in [9.17, 15) is 23.6 Å². The topological polar surface area (TPSA) is 105 Å². The molecule has 0 aliphatic rings. The molecule has 0 aliphatic heterocycles. The van der Waals surface area contributed by atoms with Crippen LogP contribution in [0, 0.1) is 0 Å². The van der Waals surface area contributed by atoms with Gasteiger partial charge in [-0.2, -0.15) is 0 Å². The summed E-state index contributed by atoms with van der Waals surface area (Å²) in [4.78, 5) is 47.8. The fraction of sp³-hybridized carbons (Fsp3) is 0.333. The zero-order valence-electron chi connectivity index (χ0n) is 14.4. The molecule has 0 radical (unpaired) electrons. The maximum absolute atomic E-state index is 12.7. The lowest BCUT2D eigenvalue weighted by molar-refractivity contribution is -0.140. The lowest BCUT2D eigenvalue weighted by atomic mass is 10.1. The molecule has 9 heteroatoms. The zero-order valence-corrected chi connectivity index (χ0v) is 15.2. The van der Waals surface area contributed by atoms with Gasteiger partial charge in [-0.15, -0.1) is 0 Å². The molecule has 2 N–H and O–H groups in total. The monoisotopic (exact) mass is 396 g/mol. The molecular weight excluding hydrogens is 379 g/mol. The van der Waals surface area contributed by atoms with Crippen molar-refractivity contribution in [2.75, 3.05) is 6.67 Å². The number of carboxylic acid groups (broad SMARTS) is 1. The normalized spacial score (nSPS) is 13.1. The Kier molecular flexibility index (Phi) is 6.68. The number of hydrogen-bond acceptors (Lipinski definition) is 4. The van der Waals surface area contributed by atoms with Crippen LogP contribution in [-0.2, 0) is 14.4 Å². The Bertz CT molecular complexity index is 943. The van der Waals surface area contributed by atoms with Gasteiger partial charge in [-0.1, -0.05) is 24.6 Å². The first-order chi connectivity index (χ1) is 12.8. The Labute approximate surface area is 158 Å². The van der Waals surface area contributed by atoms with Gasteiger partial charge in [0.2, 0.25) is 5.91 Å². The van der Waals surface area contributed by atoms with Gasteiger partial charge in [-0.25, -0.2) is 4.39 Å². The molecule has 1 heterocycles. The number of hydrogen-bond donors (Lipinski definition) is 2. The highest BCUT2D eigenvalue weighted by molar-refractivity contribution is 6.31. The number of halogens is 2. The van der Waals surface area contributed by atoms with Crippen molar-refractivity contribution in [3.8, 4) is 0 Å². The number of carbonyl (C=O) groups is 3. The fourth-order valence-electron chi connectivity index (χ4n) is 2.76. The molecule has 0 bridgehead atoms. The van der Waals surface area contributed by atoms with E-state index >= 15 is 0 Å². The van der Waals surface area contributed by atoms with Gasteiger partial charge in [0, 0.05) is 16.6 Å². The van der Waals surface area contributed by atoms with Crippen LogP contribution in [0.5, 0.6) is 0 Å². The highest BCUT2D eigenvalue weighted by Crippen LogP contribution is 2.18. The summed E-state index contributed by atoms with van der Waals surface area (Å²) in [6, 6.07) is 3.94. The molecule has 0 saturated carbocycles. The maximum Gasteiger partial charge on any atom is 0.305 e. The lowest BCUT2D eigenvalue weighted by Gasteiger charge is -2.21. The number of pyridine rings is 1. The van der Waals surface area contributed by atoms with Crippen molar-refractivity contribution in [2.45, 2.75) is 31.8 Å². The molecule has 1 aromatic heterocycles. The first-order valence-electron chi connectivity index (χ1n) is 8.19. The first kappa shape index (κ1) is 20.6. The number of carbonyl (C=O) groups excluding carboxylic acids is 2. The second-order valence-corrected chi connectivity index (χ2v) is 6.38. The summed E-state index contributed by atoms with van der Waals surface area (Å²) < 4.78 is 13.8. The smallest absolute Gasteiger partial charge is 0.305 e. The average Bonchev–Trinajstić information content (AvgIpc) is 2.63. The number of aromatic nitrogens is 1. The van der Waals surface area contributed by atoms with E-state index in [1.807, 2.05) is 0 Å². The summed E-state index contributed by atoms with van der Waals surface area (Å²) in [6.45, 7) is 0.255. The first-order valence-corrected chi connectivity index (χ1v) is 8.57. The molecule has 7 nitrogen and oxygen atoms in total. The molecule has 0 saturated heterocycles. The van der Waals surface area contributed by atoms with E-state index in [0.717, 1.165) is 0 Å². The van der Waals surface area contributed by atoms with Crippen molar-refractivity contribution < 1.29 is 23.9 Å². The van der Waals surface area contributed by atoms with Crippen LogP contribution in [0.3, 0.4) is 0 Å². The zero-order chi connectivity index (χ0) is 20.1. The van der Waals surface area contributed by atoms with Gasteiger partial charge in [0.1, 0.15) is 18.8 Å². The van der Waals surface area contributed by atoms with Gasteiger partial charge in [-0.3, -0.25) is 19.2 Å². The van der Waals surface area contributed by atoms with Gasteiger partial charge >= 0.3 is 5.97 Å². The molecule has 0 aliphatic carbocycles. The highest BCUT2D eigenvalue weighted by atomic mass is 35.5. The third kappa shape index (κ3) is 4.71. The number of benzene rings is 1. The summed E-state index contributed by atoms with van der Waals surface area (Å²) >= 11 is 5.93. The summed E-state index contributed by atoms with van der Waals surface area (Å²) in [5.41, 5.74) is -0.455. The number of carboxylic acids is 1. The van der Waals surface area contributed by atoms with Gasteiger partial charge in [0.25, 0.3) is 5.56 Å². The van der Waals surface area contributed by atoms with Crippen molar-refractivity contribution in [2.24, 2.45) is 0 Å². The van der Waals surface area contributed by atoms with E-state index in [1.54, 1.807) is 25.1 Å². The van der Waals surface area contributed by atoms with E-state index in [0.29, 0.717) is 15.8 Å². The van der Waals surface area contributed by atoms with E-state index in [1.165, 1.54) is 16.8 Å². The molecular formula is C18H18ClFN2O5. The summed E-state index contributed by atoms with van der Waals surface area (Å²) in [7, 11) is 0. The molecule has 0 spiro atoms. The molecule has 2 rings (SSSR count). The molecule has 2 unspecified atom stereocenters. The second kappa shape index (κ2) is 8.77. The number of rotatable bonds is 8. The van der Waals surface area contributed by atoms with Gasteiger partial charge in [-0.05, 0) is 30.0 Å². The molecule has 0 fully saturated rings. The largest absolute Gasteiger partial charge is 0.481 e. The van der Waals surface area contributed by atoms with Crippen molar-refractivity contribution >= 4 is 40.0 Å². The van der Waals surface area contributed by atoms with Crippen molar-refractivity contribution in [1.29, 1.82) is 0 Å². The van der Waals surface area contributed by atoms with Crippen LogP contribution in [0.15, 0.2) is 35.3 Å². The standard InChI is InChI=1S/C18H18ClFN2O5/c1-2-14(17(26)21-13(8-16(24)25)15(23)9-20)22-6-5-10-3-4-11(19)7-12(10)18(22)27/h3-7,13-14H,2,8-9H2,1H3,(H,21,26)(H,24,25). The minimum atomic E-state index is -1.50. The van der Waals surface area contributed by atoms with Crippen LogP contribution < -0.4 is 10.9 Å². The Morgan fingerprint density at radius 2 is 2.00 bits per heavy atom. The third-order valence-corrected chi connectivity index (χ3v) is 4.37. The second-order valence-electron chi connectivity index (χ2n) is 5.94. The SMILES string of the molecule is CCC(C(=O)NC(CC(=O)O)C(=O)CF)n1ccc2ccc(Cl)cc2c1=O. The molecule has 2 atom stereocenters. The minimum Gasteiger partial charge on any atom is -0.481 e. The molecule has 144 valence electrons. The number of amides is 1. The predicted molar refractivity (Wildman–Crippen MR) is 97.7 cm³/mol. The number of ketones is 1. The number of alkyl halides is 1. The number of nitrogens with one attached hydrogen (secondary N) is 1. The van der Waals surface area contributed by atoms with E-state index in [2.05, 4.69) is 5.32 Å². The third-order valence-electron chi connectivity index (χ3n) is 4.14. The number of aliphatic carboxylic acids is 1. The maximum atomic E-state index is 12.7. The van der Waals surface area contributed by atoms with Crippen LogP contribution in [0.2, 0.25) is 5.02 Å². The van der Waals surface area contributed by atoms with Crippen LogP contribution >= 0.6 is 11.6 Å². The summed E-state index contributed by atoms with van der Waals surface area (Å²) in [5, 5.41) is 12.4. The van der Waals surface area contributed by atoms with E-state index < -0.39 is 48.4 Å². The van der Waals surface area contributed by atoms with Crippen LogP contribution in [0.1, 0.15) is 25.8 Å². The Hall–Kier alpha value is -2.74. The number of fused-ring (bicyclic) bond motifs is 1. The molecule has 2 aromatic rings. The molecule has 1 amide bonds. The average molecular weight is 397 g/mol. The van der Waals surface area contributed by atoms with Gasteiger partial charge in [0.05, 0.1) is 6.42 Å².